The second-order valence-corrected chi connectivity index (χ2v) is 6.94. The average molecular weight is 357 g/mol. The SMILES string of the molecule is CCN=C(NS(=O)(=O)c1ccc(Cl)cc1)c1ccc(Cl)cc1. The Morgan fingerprint density at radius 2 is 1.50 bits per heavy atom. The topological polar surface area (TPSA) is 58.5 Å². The van der Waals surface area contributed by atoms with Crippen molar-refractivity contribution in [1.29, 1.82) is 0 Å². The zero-order valence-corrected chi connectivity index (χ0v) is 14.1. The van der Waals surface area contributed by atoms with Crippen LogP contribution in [0.5, 0.6) is 0 Å². The van der Waals surface area contributed by atoms with Crippen LogP contribution in [-0.4, -0.2) is 20.8 Å². The number of aliphatic imine (C=N–C) groups is 1. The summed E-state index contributed by atoms with van der Waals surface area (Å²) in [4.78, 5) is 4.33. The number of rotatable bonds is 4. The minimum atomic E-state index is -3.73. The molecular weight excluding hydrogens is 343 g/mol. The van der Waals surface area contributed by atoms with E-state index >= 15 is 0 Å². The Balaban J connectivity index is 2.33. The molecule has 7 heteroatoms. The van der Waals surface area contributed by atoms with Crippen molar-refractivity contribution in [3.8, 4) is 0 Å². The molecule has 2 rings (SSSR count). The molecule has 4 nitrogen and oxygen atoms in total. The van der Waals surface area contributed by atoms with E-state index in [9.17, 15) is 8.42 Å². The number of halogens is 2. The van der Waals surface area contributed by atoms with Crippen LogP contribution in [0.4, 0.5) is 0 Å². The van der Waals surface area contributed by atoms with E-state index in [0.29, 0.717) is 22.2 Å². The summed E-state index contributed by atoms with van der Waals surface area (Å²) in [6.45, 7) is 2.27. The molecule has 0 aliphatic heterocycles. The molecule has 0 radical (unpaired) electrons. The third-order valence-electron chi connectivity index (χ3n) is 2.79. The molecular formula is C15H14Cl2N2O2S. The van der Waals surface area contributed by atoms with Gasteiger partial charge in [-0.05, 0) is 55.5 Å². The maximum atomic E-state index is 12.4. The predicted molar refractivity (Wildman–Crippen MR) is 90.3 cm³/mol. The van der Waals surface area contributed by atoms with E-state index in [-0.39, 0.29) is 10.7 Å². The van der Waals surface area contributed by atoms with Gasteiger partial charge in [0.25, 0.3) is 10.0 Å². The Morgan fingerprint density at radius 1 is 1.00 bits per heavy atom. The van der Waals surface area contributed by atoms with Crippen LogP contribution in [0.3, 0.4) is 0 Å². The number of nitrogens with one attached hydrogen (secondary N) is 1. The zero-order valence-electron chi connectivity index (χ0n) is 11.8. The Morgan fingerprint density at radius 3 is 2.00 bits per heavy atom. The first-order valence-electron chi connectivity index (χ1n) is 6.51. The molecule has 22 heavy (non-hydrogen) atoms. The van der Waals surface area contributed by atoms with Crippen LogP contribution in [0.25, 0.3) is 0 Å². The first-order valence-corrected chi connectivity index (χ1v) is 8.75. The number of nitrogens with zero attached hydrogens (tertiary/aromatic N) is 1. The second-order valence-electron chi connectivity index (χ2n) is 4.39. The van der Waals surface area contributed by atoms with Gasteiger partial charge in [0.05, 0.1) is 4.90 Å². The molecule has 0 amide bonds. The highest BCUT2D eigenvalue weighted by molar-refractivity contribution is 7.90. The smallest absolute Gasteiger partial charge is 0.263 e. The lowest BCUT2D eigenvalue weighted by Crippen LogP contribution is -2.31. The van der Waals surface area contributed by atoms with Crippen molar-refractivity contribution in [2.45, 2.75) is 11.8 Å². The van der Waals surface area contributed by atoms with Gasteiger partial charge in [-0.3, -0.25) is 9.71 Å². The number of hydrogen-bond donors (Lipinski definition) is 1. The van der Waals surface area contributed by atoms with Gasteiger partial charge in [-0.15, -0.1) is 0 Å². The Bertz CT molecular complexity index is 770. The average Bonchev–Trinajstić information content (AvgIpc) is 2.48. The van der Waals surface area contributed by atoms with E-state index in [2.05, 4.69) is 9.71 Å². The summed E-state index contributed by atoms with van der Waals surface area (Å²) in [7, 11) is -3.73. The molecule has 0 saturated carbocycles. The molecule has 0 bridgehead atoms. The van der Waals surface area contributed by atoms with E-state index in [1.54, 1.807) is 24.3 Å². The van der Waals surface area contributed by atoms with Crippen molar-refractivity contribution in [3.63, 3.8) is 0 Å². The maximum Gasteiger partial charge on any atom is 0.263 e. The lowest BCUT2D eigenvalue weighted by atomic mass is 10.2. The Hall–Kier alpha value is -1.56. The van der Waals surface area contributed by atoms with Gasteiger partial charge in [0.2, 0.25) is 0 Å². The van der Waals surface area contributed by atoms with Gasteiger partial charge in [0.15, 0.2) is 0 Å². The van der Waals surface area contributed by atoms with Crippen LogP contribution in [-0.2, 0) is 10.0 Å². The van der Waals surface area contributed by atoms with Crippen molar-refractivity contribution in [2.24, 2.45) is 4.99 Å². The highest BCUT2D eigenvalue weighted by Gasteiger charge is 2.17. The van der Waals surface area contributed by atoms with Gasteiger partial charge in [-0.1, -0.05) is 23.2 Å². The van der Waals surface area contributed by atoms with Crippen LogP contribution in [0.2, 0.25) is 10.0 Å². The molecule has 0 saturated heterocycles. The summed E-state index contributed by atoms with van der Waals surface area (Å²) in [5, 5.41) is 1.04. The quantitative estimate of drug-likeness (QED) is 0.669. The zero-order chi connectivity index (χ0) is 16.2. The highest BCUT2D eigenvalue weighted by Crippen LogP contribution is 2.15. The lowest BCUT2D eigenvalue weighted by Gasteiger charge is -2.11. The summed E-state index contributed by atoms with van der Waals surface area (Å²) < 4.78 is 27.3. The molecule has 0 heterocycles. The summed E-state index contributed by atoms with van der Waals surface area (Å²) in [5.41, 5.74) is 0.642. The van der Waals surface area contributed by atoms with Crippen LogP contribution < -0.4 is 4.72 Å². The number of sulfonamides is 1. The molecule has 2 aromatic carbocycles. The lowest BCUT2D eigenvalue weighted by molar-refractivity contribution is 0.592. The van der Waals surface area contributed by atoms with E-state index in [4.69, 9.17) is 23.2 Å². The largest absolute Gasteiger partial charge is 0.268 e. The molecule has 0 unspecified atom stereocenters. The van der Waals surface area contributed by atoms with Crippen molar-refractivity contribution < 1.29 is 8.42 Å². The second kappa shape index (κ2) is 7.13. The van der Waals surface area contributed by atoms with Crippen molar-refractivity contribution in [2.75, 3.05) is 6.54 Å². The maximum absolute atomic E-state index is 12.4. The molecule has 0 fully saturated rings. The summed E-state index contributed by atoms with van der Waals surface area (Å²) >= 11 is 11.6. The molecule has 0 aliphatic carbocycles. The van der Waals surface area contributed by atoms with Crippen LogP contribution >= 0.6 is 23.2 Å². The summed E-state index contributed by atoms with van der Waals surface area (Å²) in [5.74, 6) is 0.272. The molecule has 0 aromatic heterocycles. The van der Waals surface area contributed by atoms with E-state index in [1.165, 1.54) is 24.3 Å². The molecule has 0 aliphatic rings. The minimum Gasteiger partial charge on any atom is -0.268 e. The van der Waals surface area contributed by atoms with Gasteiger partial charge in [0.1, 0.15) is 5.84 Å². The van der Waals surface area contributed by atoms with Gasteiger partial charge < -0.3 is 0 Å². The highest BCUT2D eigenvalue weighted by atomic mass is 35.5. The standard InChI is InChI=1S/C15H14Cl2N2O2S/c1-2-18-15(11-3-5-12(16)6-4-11)19-22(20,21)14-9-7-13(17)8-10-14/h3-10H,2H2,1H3,(H,18,19). The van der Waals surface area contributed by atoms with Crippen LogP contribution in [0, 0.1) is 0 Å². The van der Waals surface area contributed by atoms with Gasteiger partial charge in [-0.25, -0.2) is 8.42 Å². The van der Waals surface area contributed by atoms with Gasteiger partial charge in [-0.2, -0.15) is 0 Å². The fourth-order valence-corrected chi connectivity index (χ4v) is 3.05. The molecule has 0 atom stereocenters. The molecule has 2 aromatic rings. The van der Waals surface area contributed by atoms with E-state index in [0.717, 1.165) is 0 Å². The third-order valence-corrected chi connectivity index (χ3v) is 4.65. The van der Waals surface area contributed by atoms with Crippen molar-refractivity contribution in [3.05, 3.63) is 64.1 Å². The Labute approximate surface area is 139 Å². The predicted octanol–water partition coefficient (Wildman–Crippen LogP) is 3.74. The summed E-state index contributed by atoms with van der Waals surface area (Å²) in [6, 6.07) is 12.7. The summed E-state index contributed by atoms with van der Waals surface area (Å²) in [6.07, 6.45) is 0. The fraction of sp³-hybridized carbons (Fsp3) is 0.133. The van der Waals surface area contributed by atoms with Crippen molar-refractivity contribution >= 4 is 39.1 Å². The van der Waals surface area contributed by atoms with Gasteiger partial charge >= 0.3 is 0 Å². The third kappa shape index (κ3) is 4.22. The number of hydrogen-bond acceptors (Lipinski definition) is 3. The van der Waals surface area contributed by atoms with E-state index < -0.39 is 10.0 Å². The van der Waals surface area contributed by atoms with Crippen molar-refractivity contribution in [1.82, 2.24) is 4.72 Å². The van der Waals surface area contributed by atoms with Crippen LogP contribution in [0.1, 0.15) is 12.5 Å². The van der Waals surface area contributed by atoms with Crippen LogP contribution in [0.15, 0.2) is 58.4 Å². The number of benzene rings is 2. The number of amidine groups is 1. The molecule has 1 N–H and O–H groups in total. The Kier molecular flexibility index (Phi) is 5.45. The first-order chi connectivity index (χ1) is 10.4. The minimum absolute atomic E-state index is 0.120. The van der Waals surface area contributed by atoms with E-state index in [1.807, 2.05) is 6.92 Å². The molecule has 116 valence electrons. The molecule has 0 spiro atoms. The monoisotopic (exact) mass is 356 g/mol. The first kappa shape index (κ1) is 16.8. The van der Waals surface area contributed by atoms with Gasteiger partial charge in [0, 0.05) is 22.2 Å². The normalized spacial score (nSPS) is 12.2. The fourth-order valence-electron chi connectivity index (χ4n) is 1.75.